The molecule has 1 amide bonds. The van der Waals surface area contributed by atoms with Crippen LogP contribution in [0.2, 0.25) is 0 Å². The first kappa shape index (κ1) is 8.68. The van der Waals surface area contributed by atoms with Crippen molar-refractivity contribution in [3.63, 3.8) is 0 Å². The standard InChI is InChI=1S/C9H8N2O3/c1-14-8-3-6-5(2-7(8)12)9(13)11-4-10-6/h2-5,12H,1H3. The molecule has 2 aliphatic rings. The zero-order valence-electron chi connectivity index (χ0n) is 7.47. The molecule has 0 aromatic heterocycles. The molecule has 1 N–H and O–H groups in total. The van der Waals surface area contributed by atoms with Crippen LogP contribution in [0, 0.1) is 5.92 Å². The summed E-state index contributed by atoms with van der Waals surface area (Å²) in [5, 5.41) is 9.43. The third kappa shape index (κ3) is 1.22. The lowest BCUT2D eigenvalue weighted by Crippen LogP contribution is -2.26. The number of aliphatic hydroxyl groups is 1. The number of allylic oxidation sites excluding steroid dienone is 1. The zero-order valence-corrected chi connectivity index (χ0v) is 7.47. The van der Waals surface area contributed by atoms with Crippen LogP contribution < -0.4 is 0 Å². The van der Waals surface area contributed by atoms with Crippen LogP contribution in [-0.2, 0) is 9.53 Å². The molecule has 0 fully saturated rings. The molecule has 2 rings (SSSR count). The Kier molecular flexibility index (Phi) is 1.92. The van der Waals surface area contributed by atoms with Crippen molar-refractivity contribution in [2.75, 3.05) is 7.11 Å². The fourth-order valence-electron chi connectivity index (χ4n) is 1.34. The molecule has 1 unspecified atom stereocenters. The molecule has 0 saturated heterocycles. The van der Waals surface area contributed by atoms with Gasteiger partial charge >= 0.3 is 0 Å². The van der Waals surface area contributed by atoms with Gasteiger partial charge in [0.15, 0.2) is 11.5 Å². The van der Waals surface area contributed by atoms with Crippen molar-refractivity contribution in [1.82, 2.24) is 0 Å². The lowest BCUT2D eigenvalue weighted by molar-refractivity contribution is -0.118. The number of ether oxygens (including phenoxy) is 1. The number of hydrogen-bond donors (Lipinski definition) is 1. The number of rotatable bonds is 1. The smallest absolute Gasteiger partial charge is 0.260 e. The van der Waals surface area contributed by atoms with Crippen LogP contribution in [-0.4, -0.2) is 30.2 Å². The van der Waals surface area contributed by atoms with E-state index in [9.17, 15) is 9.90 Å². The number of hydrogen-bond acceptors (Lipinski definition) is 4. The summed E-state index contributed by atoms with van der Waals surface area (Å²) >= 11 is 0. The largest absolute Gasteiger partial charge is 0.504 e. The molecule has 72 valence electrons. The van der Waals surface area contributed by atoms with E-state index in [4.69, 9.17) is 4.74 Å². The van der Waals surface area contributed by atoms with Gasteiger partial charge in [0.1, 0.15) is 12.3 Å². The highest BCUT2D eigenvalue weighted by Crippen LogP contribution is 2.22. The minimum absolute atomic E-state index is 0.0538. The van der Waals surface area contributed by atoms with E-state index in [1.807, 2.05) is 0 Å². The second kappa shape index (κ2) is 3.10. The zero-order chi connectivity index (χ0) is 10.1. The van der Waals surface area contributed by atoms with Crippen molar-refractivity contribution < 1.29 is 14.6 Å². The Hall–Kier alpha value is -1.91. The van der Waals surface area contributed by atoms with Gasteiger partial charge in [-0.25, -0.2) is 9.98 Å². The quantitative estimate of drug-likeness (QED) is 0.661. The van der Waals surface area contributed by atoms with Gasteiger partial charge < -0.3 is 9.84 Å². The summed E-state index contributed by atoms with van der Waals surface area (Å²) < 4.78 is 4.89. The van der Waals surface area contributed by atoms with Crippen molar-refractivity contribution in [1.29, 1.82) is 0 Å². The maximum absolute atomic E-state index is 11.3. The molecule has 0 aromatic rings. The topological polar surface area (TPSA) is 71.2 Å². The maximum atomic E-state index is 11.3. The summed E-state index contributed by atoms with van der Waals surface area (Å²) in [6, 6.07) is 0. The maximum Gasteiger partial charge on any atom is 0.260 e. The van der Waals surface area contributed by atoms with Gasteiger partial charge in [0.05, 0.1) is 12.8 Å². The molecule has 14 heavy (non-hydrogen) atoms. The number of aliphatic imine (C=N–C) groups is 2. The summed E-state index contributed by atoms with van der Waals surface area (Å²) in [6.07, 6.45) is 4.12. The van der Waals surface area contributed by atoms with Gasteiger partial charge in [0.2, 0.25) is 0 Å². The highest BCUT2D eigenvalue weighted by molar-refractivity contribution is 6.18. The number of amides is 1. The first-order valence-electron chi connectivity index (χ1n) is 4.03. The lowest BCUT2D eigenvalue weighted by Gasteiger charge is -2.18. The molecule has 1 aliphatic heterocycles. The van der Waals surface area contributed by atoms with Gasteiger partial charge in [-0.15, -0.1) is 0 Å². The van der Waals surface area contributed by atoms with Crippen LogP contribution in [0.15, 0.2) is 33.7 Å². The summed E-state index contributed by atoms with van der Waals surface area (Å²) in [7, 11) is 1.44. The predicted octanol–water partition coefficient (Wildman–Crippen LogP) is 0.598. The molecule has 5 nitrogen and oxygen atoms in total. The Bertz CT molecular complexity index is 404. The highest BCUT2D eigenvalue weighted by atomic mass is 16.5. The molecular formula is C9H8N2O3. The average Bonchev–Trinajstić information content (AvgIpc) is 2.19. The number of carbonyl (C=O) groups excluding carboxylic acids is 1. The lowest BCUT2D eigenvalue weighted by atomic mass is 9.95. The molecule has 1 aliphatic carbocycles. The van der Waals surface area contributed by atoms with Crippen molar-refractivity contribution in [3.8, 4) is 0 Å². The minimum atomic E-state index is -0.570. The third-order valence-electron chi connectivity index (χ3n) is 2.05. The summed E-state index contributed by atoms with van der Waals surface area (Å²) in [5.41, 5.74) is 0.541. The predicted molar refractivity (Wildman–Crippen MR) is 50.2 cm³/mol. The number of aliphatic hydroxyl groups excluding tert-OH is 1. The van der Waals surface area contributed by atoms with E-state index in [0.717, 1.165) is 0 Å². The normalized spacial score (nSPS) is 24.8. The Morgan fingerprint density at radius 3 is 3.07 bits per heavy atom. The second-order valence-electron chi connectivity index (χ2n) is 2.88. The van der Waals surface area contributed by atoms with Crippen molar-refractivity contribution in [2.45, 2.75) is 0 Å². The Balaban J connectivity index is 2.43. The minimum Gasteiger partial charge on any atom is -0.504 e. The van der Waals surface area contributed by atoms with E-state index in [1.165, 1.54) is 25.6 Å². The van der Waals surface area contributed by atoms with Crippen LogP contribution in [0.25, 0.3) is 0 Å². The molecule has 1 heterocycles. The second-order valence-corrected chi connectivity index (χ2v) is 2.88. The molecule has 0 aromatic carbocycles. The highest BCUT2D eigenvalue weighted by Gasteiger charge is 2.28. The summed E-state index contributed by atoms with van der Waals surface area (Å²) in [5.74, 6) is -0.642. The Morgan fingerprint density at radius 2 is 2.36 bits per heavy atom. The molecule has 0 radical (unpaired) electrons. The van der Waals surface area contributed by atoms with Gasteiger partial charge in [0, 0.05) is 6.08 Å². The molecule has 5 heteroatoms. The third-order valence-corrected chi connectivity index (χ3v) is 2.05. The van der Waals surface area contributed by atoms with Crippen molar-refractivity contribution >= 4 is 18.0 Å². The first-order chi connectivity index (χ1) is 6.72. The molecule has 1 atom stereocenters. The van der Waals surface area contributed by atoms with E-state index < -0.39 is 5.92 Å². The van der Waals surface area contributed by atoms with Crippen molar-refractivity contribution in [3.05, 3.63) is 23.7 Å². The summed E-state index contributed by atoms with van der Waals surface area (Å²) in [6.45, 7) is 0. The van der Waals surface area contributed by atoms with Gasteiger partial charge in [0.25, 0.3) is 5.91 Å². The van der Waals surface area contributed by atoms with E-state index in [1.54, 1.807) is 0 Å². The van der Waals surface area contributed by atoms with E-state index in [-0.39, 0.29) is 11.7 Å². The number of fused-ring (bicyclic) bond motifs is 1. The van der Waals surface area contributed by atoms with Crippen LogP contribution in [0.4, 0.5) is 0 Å². The van der Waals surface area contributed by atoms with Crippen molar-refractivity contribution in [2.24, 2.45) is 15.9 Å². The molecular weight excluding hydrogens is 184 g/mol. The fourth-order valence-corrected chi connectivity index (χ4v) is 1.34. The van der Waals surface area contributed by atoms with E-state index in [0.29, 0.717) is 11.5 Å². The fraction of sp³-hybridized carbons (Fsp3) is 0.222. The van der Waals surface area contributed by atoms with Crippen LogP contribution in [0.3, 0.4) is 0 Å². The monoisotopic (exact) mass is 192 g/mol. The number of carbonyl (C=O) groups is 1. The first-order valence-corrected chi connectivity index (χ1v) is 4.03. The molecule has 0 bridgehead atoms. The van der Waals surface area contributed by atoms with Gasteiger partial charge in [-0.1, -0.05) is 0 Å². The molecule has 0 spiro atoms. The Morgan fingerprint density at radius 1 is 1.57 bits per heavy atom. The van der Waals surface area contributed by atoms with Gasteiger partial charge in [-0.3, -0.25) is 4.79 Å². The number of nitrogens with zero attached hydrogens (tertiary/aromatic N) is 2. The Labute approximate surface area is 80.1 Å². The molecule has 0 saturated carbocycles. The van der Waals surface area contributed by atoms with E-state index in [2.05, 4.69) is 9.98 Å². The van der Waals surface area contributed by atoms with Gasteiger partial charge in [-0.2, -0.15) is 0 Å². The summed E-state index contributed by atoms with van der Waals surface area (Å²) in [4.78, 5) is 18.7. The SMILES string of the molecule is COC1=CC2=NC=NC(=O)C2C=C1O. The average molecular weight is 192 g/mol. The van der Waals surface area contributed by atoms with Crippen LogP contribution in [0.1, 0.15) is 0 Å². The van der Waals surface area contributed by atoms with Gasteiger partial charge in [-0.05, 0) is 6.08 Å². The van der Waals surface area contributed by atoms with Crippen LogP contribution in [0.5, 0.6) is 0 Å². The number of methoxy groups -OCH3 is 1. The van der Waals surface area contributed by atoms with E-state index >= 15 is 0 Å². The van der Waals surface area contributed by atoms with Crippen LogP contribution >= 0.6 is 0 Å².